The molecule has 100 valence electrons. The Balaban J connectivity index is 1.76. The zero-order valence-corrected chi connectivity index (χ0v) is 10.9. The highest BCUT2D eigenvalue weighted by Gasteiger charge is 2.06. The summed E-state index contributed by atoms with van der Waals surface area (Å²) in [6.07, 6.45) is 0.734. The highest BCUT2D eigenvalue weighted by Crippen LogP contribution is 2.10. The normalized spacial score (nSPS) is 10.4. The number of aromatic nitrogens is 2. The largest absolute Gasteiger partial charge is 0.365 e. The number of halogens is 1. The molecule has 0 spiro atoms. The molecule has 19 heavy (non-hydrogen) atoms. The molecule has 0 atom stereocenters. The van der Waals surface area contributed by atoms with Gasteiger partial charge in [0.2, 0.25) is 11.8 Å². The summed E-state index contributed by atoms with van der Waals surface area (Å²) in [7, 11) is 0. The molecule has 0 radical (unpaired) electrons. The summed E-state index contributed by atoms with van der Waals surface area (Å²) in [4.78, 5) is 15.5. The Morgan fingerprint density at radius 2 is 2.32 bits per heavy atom. The lowest BCUT2D eigenvalue weighted by Gasteiger charge is -2.04. The van der Waals surface area contributed by atoms with Gasteiger partial charge >= 0.3 is 0 Å². The second-order valence-electron chi connectivity index (χ2n) is 3.95. The van der Waals surface area contributed by atoms with Gasteiger partial charge in [0, 0.05) is 18.0 Å². The molecule has 3 N–H and O–H groups in total. The van der Waals surface area contributed by atoms with E-state index in [9.17, 15) is 4.79 Å². The summed E-state index contributed by atoms with van der Waals surface area (Å²) in [6, 6.07) is 7.19. The van der Waals surface area contributed by atoms with E-state index in [1.54, 1.807) is 12.1 Å². The van der Waals surface area contributed by atoms with E-state index in [4.69, 9.17) is 21.9 Å². The third-order valence-electron chi connectivity index (χ3n) is 2.40. The van der Waals surface area contributed by atoms with Crippen LogP contribution >= 0.6 is 11.6 Å². The van der Waals surface area contributed by atoms with Crippen LogP contribution in [0.3, 0.4) is 0 Å². The van der Waals surface area contributed by atoms with Gasteiger partial charge in [0.25, 0.3) is 5.95 Å². The van der Waals surface area contributed by atoms with Gasteiger partial charge in [-0.25, -0.2) is 0 Å². The average molecular weight is 281 g/mol. The van der Waals surface area contributed by atoms with E-state index in [0.717, 1.165) is 5.56 Å². The van der Waals surface area contributed by atoms with Gasteiger partial charge < -0.3 is 15.6 Å². The number of nitrogens with two attached hydrogens (primary N) is 1. The van der Waals surface area contributed by atoms with E-state index in [0.29, 0.717) is 23.9 Å². The smallest absolute Gasteiger partial charge is 0.260 e. The van der Waals surface area contributed by atoms with Crippen LogP contribution in [0.15, 0.2) is 28.8 Å². The molecule has 0 aliphatic carbocycles. The topological polar surface area (TPSA) is 94.0 Å². The fourth-order valence-electron chi connectivity index (χ4n) is 1.57. The van der Waals surface area contributed by atoms with Gasteiger partial charge in [-0.3, -0.25) is 4.79 Å². The molecular formula is C12H13ClN4O2. The van der Waals surface area contributed by atoms with Crippen molar-refractivity contribution in [2.45, 2.75) is 12.8 Å². The Kier molecular flexibility index (Phi) is 4.35. The summed E-state index contributed by atoms with van der Waals surface area (Å²) in [5.74, 6) is 0.413. The van der Waals surface area contributed by atoms with E-state index in [1.807, 2.05) is 12.1 Å². The second-order valence-corrected chi connectivity index (χ2v) is 4.39. The maximum absolute atomic E-state index is 11.7. The Hall–Kier alpha value is -2.08. The Morgan fingerprint density at radius 1 is 1.47 bits per heavy atom. The molecule has 6 nitrogen and oxygen atoms in total. The van der Waals surface area contributed by atoms with Crippen molar-refractivity contribution in [1.29, 1.82) is 0 Å². The number of nitrogen functional groups attached to an aromatic ring is 1. The number of rotatable bonds is 5. The van der Waals surface area contributed by atoms with Gasteiger partial charge in [0.15, 0.2) is 0 Å². The molecule has 0 unspecified atom stereocenters. The number of benzene rings is 1. The quantitative estimate of drug-likeness (QED) is 0.858. The van der Waals surface area contributed by atoms with Crippen LogP contribution in [0.4, 0.5) is 5.95 Å². The second kappa shape index (κ2) is 6.19. The number of nitrogens with zero attached hydrogens (tertiary/aromatic N) is 2. The van der Waals surface area contributed by atoms with Crippen molar-refractivity contribution < 1.29 is 9.32 Å². The molecule has 1 aromatic carbocycles. The molecule has 0 saturated carbocycles. The van der Waals surface area contributed by atoms with Gasteiger partial charge in [0.1, 0.15) is 0 Å². The SMILES string of the molecule is Nc1noc(CCNC(=O)Cc2cccc(Cl)c2)n1. The van der Waals surface area contributed by atoms with Gasteiger partial charge in [-0.2, -0.15) is 4.98 Å². The van der Waals surface area contributed by atoms with Gasteiger partial charge in [0.05, 0.1) is 6.42 Å². The molecule has 0 fully saturated rings. The number of amides is 1. The zero-order chi connectivity index (χ0) is 13.7. The molecule has 0 aliphatic heterocycles. The fourth-order valence-corrected chi connectivity index (χ4v) is 1.79. The Morgan fingerprint density at radius 3 is 3.00 bits per heavy atom. The van der Waals surface area contributed by atoms with Crippen LogP contribution in [0.25, 0.3) is 0 Å². The molecule has 7 heteroatoms. The molecule has 2 aromatic rings. The van der Waals surface area contributed by atoms with Crippen LogP contribution < -0.4 is 11.1 Å². The monoisotopic (exact) mass is 280 g/mol. The van der Waals surface area contributed by atoms with Crippen molar-refractivity contribution in [1.82, 2.24) is 15.5 Å². The number of carbonyl (C=O) groups excluding carboxylic acids is 1. The first-order chi connectivity index (χ1) is 9.13. The Bertz CT molecular complexity index is 570. The van der Waals surface area contributed by atoms with E-state index in [-0.39, 0.29) is 18.3 Å². The van der Waals surface area contributed by atoms with Crippen molar-refractivity contribution >= 4 is 23.5 Å². The lowest BCUT2D eigenvalue weighted by Crippen LogP contribution is -2.27. The molecule has 0 aliphatic rings. The van der Waals surface area contributed by atoms with E-state index >= 15 is 0 Å². The van der Waals surface area contributed by atoms with Gasteiger partial charge in [-0.05, 0) is 22.9 Å². The summed E-state index contributed by atoms with van der Waals surface area (Å²) in [6.45, 7) is 0.418. The summed E-state index contributed by atoms with van der Waals surface area (Å²) in [5.41, 5.74) is 6.18. The van der Waals surface area contributed by atoms with Crippen molar-refractivity contribution in [2.24, 2.45) is 0 Å². The van der Waals surface area contributed by atoms with Crippen LogP contribution in [0, 0.1) is 0 Å². The molecule has 1 aromatic heterocycles. The molecule has 0 saturated heterocycles. The van der Waals surface area contributed by atoms with Gasteiger partial charge in [-0.15, -0.1) is 0 Å². The summed E-state index contributed by atoms with van der Waals surface area (Å²) >= 11 is 5.84. The minimum Gasteiger partial charge on any atom is -0.365 e. The van der Waals surface area contributed by atoms with Crippen molar-refractivity contribution in [3.8, 4) is 0 Å². The standard InChI is InChI=1S/C12H13ClN4O2/c13-9-3-1-2-8(6-9)7-10(18)15-5-4-11-16-12(14)17-19-11/h1-3,6H,4-5,7H2,(H2,14,17)(H,15,18). The van der Waals surface area contributed by atoms with E-state index < -0.39 is 0 Å². The van der Waals surface area contributed by atoms with Gasteiger partial charge in [-0.1, -0.05) is 23.7 Å². The molecule has 2 rings (SSSR count). The Labute approximate surface area is 114 Å². The third kappa shape index (κ3) is 4.26. The van der Waals surface area contributed by atoms with Crippen molar-refractivity contribution in [3.05, 3.63) is 40.7 Å². The van der Waals surface area contributed by atoms with Crippen LogP contribution in [-0.2, 0) is 17.6 Å². The highest BCUT2D eigenvalue weighted by molar-refractivity contribution is 6.30. The summed E-state index contributed by atoms with van der Waals surface area (Å²) in [5, 5.41) is 6.83. The number of nitrogens with one attached hydrogen (secondary N) is 1. The number of carbonyl (C=O) groups is 1. The lowest BCUT2D eigenvalue weighted by atomic mass is 10.1. The zero-order valence-electron chi connectivity index (χ0n) is 10.1. The first kappa shape index (κ1) is 13.4. The first-order valence-corrected chi connectivity index (χ1v) is 6.10. The van der Waals surface area contributed by atoms with Crippen LogP contribution in [0.1, 0.15) is 11.5 Å². The molecule has 1 heterocycles. The lowest BCUT2D eigenvalue weighted by molar-refractivity contribution is -0.120. The van der Waals surface area contributed by atoms with Crippen LogP contribution in [0.5, 0.6) is 0 Å². The predicted molar refractivity (Wildman–Crippen MR) is 70.6 cm³/mol. The minimum atomic E-state index is -0.0882. The van der Waals surface area contributed by atoms with Crippen LogP contribution in [-0.4, -0.2) is 22.6 Å². The molecular weight excluding hydrogens is 268 g/mol. The first-order valence-electron chi connectivity index (χ1n) is 5.72. The predicted octanol–water partition coefficient (Wildman–Crippen LogP) is 1.21. The van der Waals surface area contributed by atoms with E-state index in [2.05, 4.69) is 15.5 Å². The van der Waals surface area contributed by atoms with Crippen molar-refractivity contribution in [3.63, 3.8) is 0 Å². The molecule has 1 amide bonds. The number of anilines is 1. The highest BCUT2D eigenvalue weighted by atomic mass is 35.5. The molecule has 0 bridgehead atoms. The minimum absolute atomic E-state index is 0.0882. The fraction of sp³-hybridized carbons (Fsp3) is 0.250. The number of hydrogen-bond acceptors (Lipinski definition) is 5. The van der Waals surface area contributed by atoms with Crippen molar-refractivity contribution in [2.75, 3.05) is 12.3 Å². The number of hydrogen-bond donors (Lipinski definition) is 2. The average Bonchev–Trinajstić information content (AvgIpc) is 2.75. The van der Waals surface area contributed by atoms with Crippen LogP contribution in [0.2, 0.25) is 5.02 Å². The summed E-state index contributed by atoms with van der Waals surface area (Å²) < 4.78 is 4.83. The maximum Gasteiger partial charge on any atom is 0.260 e. The third-order valence-corrected chi connectivity index (χ3v) is 2.63. The van der Waals surface area contributed by atoms with E-state index in [1.165, 1.54) is 0 Å². The maximum atomic E-state index is 11.7.